The molecule has 1 amide bonds. The van der Waals surface area contributed by atoms with Crippen LogP contribution >= 0.6 is 11.3 Å². The molecule has 0 unspecified atom stereocenters. The number of amides is 1. The van der Waals surface area contributed by atoms with Gasteiger partial charge in [0, 0.05) is 11.5 Å². The standard InChI is InChI=1S/C16H17N5O2S/c1-8(2)15-20-21-16(24-15)17-14(23)12-7-11(18-19-12)10-6-9(3)4-5-13(10)22/h4-8,22H,1-3H3,(H,18,19)(H,17,21,23). The van der Waals surface area contributed by atoms with E-state index in [-0.39, 0.29) is 23.3 Å². The number of hydrogen-bond acceptors (Lipinski definition) is 6. The Hall–Kier alpha value is -2.74. The number of nitrogens with zero attached hydrogens (tertiary/aromatic N) is 3. The molecule has 3 N–H and O–H groups in total. The topological polar surface area (TPSA) is 104 Å². The molecule has 0 saturated heterocycles. The minimum atomic E-state index is -0.354. The van der Waals surface area contributed by atoms with E-state index >= 15 is 0 Å². The fourth-order valence-electron chi connectivity index (χ4n) is 2.11. The molecule has 0 radical (unpaired) electrons. The number of hydrogen-bond donors (Lipinski definition) is 3. The smallest absolute Gasteiger partial charge is 0.275 e. The van der Waals surface area contributed by atoms with E-state index < -0.39 is 0 Å². The Balaban J connectivity index is 1.79. The number of aromatic amines is 1. The Morgan fingerprint density at radius 3 is 2.79 bits per heavy atom. The Morgan fingerprint density at radius 1 is 1.29 bits per heavy atom. The molecule has 3 rings (SSSR count). The molecule has 124 valence electrons. The molecule has 1 aromatic carbocycles. The van der Waals surface area contributed by atoms with Gasteiger partial charge in [0.05, 0.1) is 5.69 Å². The summed E-state index contributed by atoms with van der Waals surface area (Å²) in [5, 5.41) is 28.7. The highest BCUT2D eigenvalue weighted by Crippen LogP contribution is 2.29. The quantitative estimate of drug-likeness (QED) is 0.674. The first-order chi connectivity index (χ1) is 11.4. The summed E-state index contributed by atoms with van der Waals surface area (Å²) in [5.74, 6) is 0.0216. The summed E-state index contributed by atoms with van der Waals surface area (Å²) in [6.07, 6.45) is 0. The summed E-state index contributed by atoms with van der Waals surface area (Å²) in [6.45, 7) is 5.95. The molecule has 0 saturated carbocycles. The van der Waals surface area contributed by atoms with E-state index in [2.05, 4.69) is 25.7 Å². The lowest BCUT2D eigenvalue weighted by atomic mass is 10.1. The van der Waals surface area contributed by atoms with Crippen molar-refractivity contribution in [3.05, 3.63) is 40.5 Å². The molecule has 0 aliphatic heterocycles. The van der Waals surface area contributed by atoms with Gasteiger partial charge < -0.3 is 5.11 Å². The zero-order chi connectivity index (χ0) is 17.3. The van der Waals surface area contributed by atoms with Crippen LogP contribution in [0.2, 0.25) is 0 Å². The zero-order valence-corrected chi connectivity index (χ0v) is 14.3. The monoisotopic (exact) mass is 343 g/mol. The first kappa shape index (κ1) is 16.1. The van der Waals surface area contributed by atoms with Gasteiger partial charge in [0.1, 0.15) is 16.5 Å². The van der Waals surface area contributed by atoms with Crippen LogP contribution in [0.25, 0.3) is 11.3 Å². The number of nitrogens with one attached hydrogen (secondary N) is 2. The van der Waals surface area contributed by atoms with Crippen molar-refractivity contribution in [2.45, 2.75) is 26.7 Å². The Labute approximate surface area is 142 Å². The van der Waals surface area contributed by atoms with Gasteiger partial charge in [-0.05, 0) is 25.1 Å². The zero-order valence-electron chi connectivity index (χ0n) is 13.5. The van der Waals surface area contributed by atoms with Crippen LogP contribution in [0.4, 0.5) is 5.13 Å². The maximum absolute atomic E-state index is 12.3. The van der Waals surface area contributed by atoms with Crippen molar-refractivity contribution in [2.75, 3.05) is 5.32 Å². The highest BCUT2D eigenvalue weighted by atomic mass is 32.1. The highest BCUT2D eigenvalue weighted by molar-refractivity contribution is 7.15. The van der Waals surface area contributed by atoms with Gasteiger partial charge in [-0.2, -0.15) is 5.10 Å². The van der Waals surface area contributed by atoms with Gasteiger partial charge in [-0.3, -0.25) is 15.2 Å². The van der Waals surface area contributed by atoms with Crippen LogP contribution in [0.3, 0.4) is 0 Å². The van der Waals surface area contributed by atoms with Crippen molar-refractivity contribution >= 4 is 22.4 Å². The van der Waals surface area contributed by atoms with E-state index in [1.54, 1.807) is 18.2 Å². The molecule has 0 bridgehead atoms. The van der Waals surface area contributed by atoms with Crippen molar-refractivity contribution in [2.24, 2.45) is 0 Å². The van der Waals surface area contributed by atoms with E-state index in [1.807, 2.05) is 26.8 Å². The van der Waals surface area contributed by atoms with Crippen LogP contribution in [0, 0.1) is 6.92 Å². The van der Waals surface area contributed by atoms with Crippen molar-refractivity contribution in [3.63, 3.8) is 0 Å². The molecule has 3 aromatic rings. The third-order valence-electron chi connectivity index (χ3n) is 3.41. The lowest BCUT2D eigenvalue weighted by Gasteiger charge is -2.01. The maximum Gasteiger partial charge on any atom is 0.275 e. The van der Waals surface area contributed by atoms with Crippen LogP contribution in [-0.2, 0) is 0 Å². The van der Waals surface area contributed by atoms with Crippen molar-refractivity contribution < 1.29 is 9.90 Å². The van der Waals surface area contributed by atoms with Gasteiger partial charge >= 0.3 is 0 Å². The second-order valence-electron chi connectivity index (χ2n) is 5.74. The summed E-state index contributed by atoms with van der Waals surface area (Å²) in [5.41, 5.74) is 2.35. The van der Waals surface area contributed by atoms with Crippen LogP contribution in [0.5, 0.6) is 5.75 Å². The summed E-state index contributed by atoms with van der Waals surface area (Å²) in [6, 6.07) is 6.82. The number of rotatable bonds is 4. The number of carbonyl (C=O) groups is 1. The lowest BCUT2D eigenvalue weighted by molar-refractivity contribution is 0.102. The van der Waals surface area contributed by atoms with Gasteiger partial charge in [-0.1, -0.05) is 36.8 Å². The molecule has 24 heavy (non-hydrogen) atoms. The Bertz CT molecular complexity index is 884. The number of benzene rings is 1. The molecule has 0 aliphatic rings. The van der Waals surface area contributed by atoms with Crippen LogP contribution in [-0.4, -0.2) is 31.4 Å². The molecule has 0 atom stereocenters. The second kappa shape index (κ2) is 6.40. The van der Waals surface area contributed by atoms with Gasteiger partial charge in [0.2, 0.25) is 5.13 Å². The van der Waals surface area contributed by atoms with Gasteiger partial charge in [-0.15, -0.1) is 10.2 Å². The number of carbonyl (C=O) groups excluding carboxylic acids is 1. The maximum atomic E-state index is 12.3. The average Bonchev–Trinajstić information content (AvgIpc) is 3.18. The number of H-pyrrole nitrogens is 1. The fourth-order valence-corrected chi connectivity index (χ4v) is 2.85. The number of aryl methyl sites for hydroxylation is 1. The van der Waals surface area contributed by atoms with E-state index in [4.69, 9.17) is 0 Å². The van der Waals surface area contributed by atoms with E-state index in [0.29, 0.717) is 16.4 Å². The minimum absolute atomic E-state index is 0.116. The second-order valence-corrected chi connectivity index (χ2v) is 6.75. The Kier molecular flexibility index (Phi) is 4.30. The fraction of sp³-hybridized carbons (Fsp3) is 0.250. The molecule has 0 spiro atoms. The normalized spacial score (nSPS) is 11.0. The molecular weight excluding hydrogens is 326 g/mol. The third kappa shape index (κ3) is 3.28. The predicted molar refractivity (Wildman–Crippen MR) is 92.4 cm³/mol. The molecule has 2 heterocycles. The van der Waals surface area contributed by atoms with Crippen molar-refractivity contribution in [1.29, 1.82) is 0 Å². The first-order valence-corrected chi connectivity index (χ1v) is 8.26. The molecule has 7 nitrogen and oxygen atoms in total. The van der Waals surface area contributed by atoms with Gasteiger partial charge in [0.15, 0.2) is 0 Å². The van der Waals surface area contributed by atoms with Crippen LogP contribution in [0.15, 0.2) is 24.3 Å². The van der Waals surface area contributed by atoms with Gasteiger partial charge in [-0.25, -0.2) is 0 Å². The predicted octanol–water partition coefficient (Wildman–Crippen LogP) is 3.32. The Morgan fingerprint density at radius 2 is 2.08 bits per heavy atom. The number of phenols is 1. The summed E-state index contributed by atoms with van der Waals surface area (Å²) < 4.78 is 0. The minimum Gasteiger partial charge on any atom is -0.507 e. The van der Waals surface area contributed by atoms with Crippen LogP contribution in [0.1, 0.15) is 40.8 Å². The van der Waals surface area contributed by atoms with E-state index in [1.165, 1.54) is 11.3 Å². The molecule has 0 aliphatic carbocycles. The third-order valence-corrected chi connectivity index (χ3v) is 4.54. The molecule has 2 aromatic heterocycles. The summed E-state index contributed by atoms with van der Waals surface area (Å²) in [7, 11) is 0. The molecular formula is C16H17N5O2S. The van der Waals surface area contributed by atoms with E-state index in [9.17, 15) is 9.90 Å². The highest BCUT2D eigenvalue weighted by Gasteiger charge is 2.16. The summed E-state index contributed by atoms with van der Waals surface area (Å²) >= 11 is 1.34. The number of aromatic hydroxyl groups is 1. The SMILES string of the molecule is Cc1ccc(O)c(-c2cc(C(=O)Nc3nnc(C(C)C)s3)[nH]n2)c1. The van der Waals surface area contributed by atoms with Crippen LogP contribution < -0.4 is 5.32 Å². The summed E-state index contributed by atoms with van der Waals surface area (Å²) in [4.78, 5) is 12.3. The largest absolute Gasteiger partial charge is 0.507 e. The van der Waals surface area contributed by atoms with E-state index in [0.717, 1.165) is 10.6 Å². The number of phenolic OH excluding ortho intramolecular Hbond substituents is 1. The average molecular weight is 343 g/mol. The number of aromatic nitrogens is 4. The van der Waals surface area contributed by atoms with Crippen molar-refractivity contribution in [1.82, 2.24) is 20.4 Å². The van der Waals surface area contributed by atoms with Gasteiger partial charge in [0.25, 0.3) is 5.91 Å². The molecule has 0 fully saturated rings. The van der Waals surface area contributed by atoms with Crippen molar-refractivity contribution in [3.8, 4) is 17.0 Å². The lowest BCUT2D eigenvalue weighted by Crippen LogP contribution is -2.12. The first-order valence-electron chi connectivity index (χ1n) is 7.44. The molecule has 8 heteroatoms. The number of anilines is 1.